The normalized spacial score (nSPS) is 17.1. The number of carbonyl (C=O) groups excluding carboxylic acids is 1. The number of benzene rings is 1. The molecule has 3 aromatic rings. The van der Waals surface area contributed by atoms with Gasteiger partial charge in [0.15, 0.2) is 5.69 Å². The summed E-state index contributed by atoms with van der Waals surface area (Å²) < 4.78 is 1.70. The van der Waals surface area contributed by atoms with Gasteiger partial charge < -0.3 is 10.2 Å². The molecule has 1 unspecified atom stereocenters. The highest BCUT2D eigenvalue weighted by molar-refractivity contribution is 5.94. The van der Waals surface area contributed by atoms with E-state index < -0.39 is 0 Å². The fourth-order valence-electron chi connectivity index (χ4n) is 3.32. The van der Waals surface area contributed by atoms with E-state index in [1.807, 2.05) is 44.3 Å². The second kappa shape index (κ2) is 6.25. The number of likely N-dealkylation sites (N-methyl/N-ethyl adjacent to an activating group) is 1. The summed E-state index contributed by atoms with van der Waals surface area (Å²) in [4.78, 5) is 19.1. The Morgan fingerprint density at radius 3 is 2.96 bits per heavy atom. The van der Waals surface area contributed by atoms with Crippen molar-refractivity contribution in [1.82, 2.24) is 30.2 Å². The van der Waals surface area contributed by atoms with Crippen LogP contribution < -0.4 is 5.32 Å². The van der Waals surface area contributed by atoms with Crippen LogP contribution in [0.5, 0.6) is 0 Å². The number of aromatic nitrogens is 4. The van der Waals surface area contributed by atoms with Crippen molar-refractivity contribution in [3.05, 3.63) is 47.9 Å². The van der Waals surface area contributed by atoms with Gasteiger partial charge in [0, 0.05) is 31.2 Å². The summed E-state index contributed by atoms with van der Waals surface area (Å²) in [6.45, 7) is 3.63. The van der Waals surface area contributed by atoms with Crippen LogP contribution in [0.4, 0.5) is 0 Å². The lowest BCUT2D eigenvalue weighted by Gasteiger charge is -2.22. The van der Waals surface area contributed by atoms with E-state index >= 15 is 0 Å². The van der Waals surface area contributed by atoms with Crippen molar-refractivity contribution in [3.8, 4) is 5.69 Å². The first-order valence-electron chi connectivity index (χ1n) is 8.41. The zero-order chi connectivity index (χ0) is 17.4. The topological polar surface area (TPSA) is 75.9 Å². The number of nitrogens with zero attached hydrogens (tertiary/aromatic N) is 5. The van der Waals surface area contributed by atoms with Crippen molar-refractivity contribution >= 4 is 16.8 Å². The SMILES string of the molecule is Cc1c(C(=O)N(C)C2CCNC2)nnn1-c1cccc2cccnc12. The van der Waals surface area contributed by atoms with Gasteiger partial charge in [0.1, 0.15) is 0 Å². The number of para-hydroxylation sites is 1. The molecule has 1 amide bonds. The van der Waals surface area contributed by atoms with Crippen LogP contribution in [0.1, 0.15) is 22.6 Å². The van der Waals surface area contributed by atoms with E-state index in [-0.39, 0.29) is 11.9 Å². The summed E-state index contributed by atoms with van der Waals surface area (Å²) in [5, 5.41) is 12.7. The van der Waals surface area contributed by atoms with Crippen LogP contribution in [-0.4, -0.2) is 57.0 Å². The molecule has 2 aromatic heterocycles. The molecule has 128 valence electrons. The van der Waals surface area contributed by atoms with Gasteiger partial charge in [0.05, 0.1) is 16.9 Å². The molecule has 7 heteroatoms. The smallest absolute Gasteiger partial charge is 0.276 e. The van der Waals surface area contributed by atoms with Crippen LogP contribution >= 0.6 is 0 Å². The van der Waals surface area contributed by atoms with E-state index in [0.29, 0.717) is 5.69 Å². The third kappa shape index (κ3) is 2.66. The van der Waals surface area contributed by atoms with Crippen molar-refractivity contribution in [2.24, 2.45) is 0 Å². The van der Waals surface area contributed by atoms with Gasteiger partial charge in [-0.05, 0) is 32.0 Å². The van der Waals surface area contributed by atoms with Crippen LogP contribution in [0.3, 0.4) is 0 Å². The molecule has 1 aliphatic rings. The Morgan fingerprint density at radius 2 is 2.16 bits per heavy atom. The molecule has 4 rings (SSSR count). The fraction of sp³-hybridized carbons (Fsp3) is 0.333. The van der Waals surface area contributed by atoms with Crippen molar-refractivity contribution in [2.75, 3.05) is 20.1 Å². The number of carbonyl (C=O) groups is 1. The summed E-state index contributed by atoms with van der Waals surface area (Å²) >= 11 is 0. The van der Waals surface area contributed by atoms with Gasteiger partial charge >= 0.3 is 0 Å². The Kier molecular flexibility index (Phi) is 3.93. The molecule has 1 saturated heterocycles. The van der Waals surface area contributed by atoms with Crippen LogP contribution in [0, 0.1) is 6.92 Å². The maximum Gasteiger partial charge on any atom is 0.276 e. The van der Waals surface area contributed by atoms with Crippen LogP contribution in [0.25, 0.3) is 16.6 Å². The number of hydrogen-bond donors (Lipinski definition) is 1. The molecule has 7 nitrogen and oxygen atoms in total. The second-order valence-electron chi connectivity index (χ2n) is 6.35. The molecule has 0 bridgehead atoms. The van der Waals surface area contributed by atoms with Gasteiger partial charge in [-0.1, -0.05) is 23.4 Å². The largest absolute Gasteiger partial charge is 0.336 e. The predicted molar refractivity (Wildman–Crippen MR) is 94.8 cm³/mol. The lowest BCUT2D eigenvalue weighted by Crippen LogP contribution is -2.38. The Balaban J connectivity index is 1.72. The molecule has 25 heavy (non-hydrogen) atoms. The molecule has 0 radical (unpaired) electrons. The molecule has 0 spiro atoms. The maximum atomic E-state index is 12.8. The average Bonchev–Trinajstić information content (AvgIpc) is 3.30. The van der Waals surface area contributed by atoms with Gasteiger partial charge in [-0.3, -0.25) is 9.78 Å². The van der Waals surface area contributed by atoms with E-state index in [0.717, 1.165) is 41.8 Å². The lowest BCUT2D eigenvalue weighted by atomic mass is 10.2. The molecule has 3 heterocycles. The van der Waals surface area contributed by atoms with Crippen LogP contribution in [0.2, 0.25) is 0 Å². The van der Waals surface area contributed by atoms with Gasteiger partial charge in [-0.2, -0.15) is 0 Å². The van der Waals surface area contributed by atoms with E-state index in [4.69, 9.17) is 0 Å². The Morgan fingerprint density at radius 1 is 1.32 bits per heavy atom. The van der Waals surface area contributed by atoms with Crippen LogP contribution in [0.15, 0.2) is 36.5 Å². The summed E-state index contributed by atoms with van der Waals surface area (Å²) in [7, 11) is 1.83. The summed E-state index contributed by atoms with van der Waals surface area (Å²) in [6, 6.07) is 10.0. The van der Waals surface area contributed by atoms with Gasteiger partial charge in [0.2, 0.25) is 0 Å². The first kappa shape index (κ1) is 15.7. The summed E-state index contributed by atoms with van der Waals surface area (Å²) in [5.41, 5.74) is 2.78. The molecule has 0 aliphatic carbocycles. The molecular weight excluding hydrogens is 316 g/mol. The van der Waals surface area contributed by atoms with Crippen LogP contribution in [-0.2, 0) is 0 Å². The van der Waals surface area contributed by atoms with E-state index in [1.54, 1.807) is 15.8 Å². The summed E-state index contributed by atoms with van der Waals surface area (Å²) in [6.07, 6.45) is 2.72. The molecule has 1 N–H and O–H groups in total. The minimum absolute atomic E-state index is 0.0920. The molecule has 1 fully saturated rings. The number of hydrogen-bond acceptors (Lipinski definition) is 5. The van der Waals surface area contributed by atoms with Crippen molar-refractivity contribution < 1.29 is 4.79 Å². The van der Waals surface area contributed by atoms with Gasteiger partial charge in [-0.15, -0.1) is 5.10 Å². The zero-order valence-electron chi connectivity index (χ0n) is 14.3. The minimum Gasteiger partial charge on any atom is -0.336 e. The average molecular weight is 336 g/mol. The Bertz CT molecular complexity index is 923. The van der Waals surface area contributed by atoms with Crippen molar-refractivity contribution in [2.45, 2.75) is 19.4 Å². The van der Waals surface area contributed by atoms with Gasteiger partial charge in [-0.25, -0.2) is 4.68 Å². The Hall–Kier alpha value is -2.80. The third-order valence-corrected chi connectivity index (χ3v) is 4.84. The van der Waals surface area contributed by atoms with Crippen molar-refractivity contribution in [1.29, 1.82) is 0 Å². The molecule has 1 atom stereocenters. The molecule has 1 aromatic carbocycles. The summed E-state index contributed by atoms with van der Waals surface area (Å²) in [5.74, 6) is -0.0920. The van der Waals surface area contributed by atoms with E-state index in [1.165, 1.54) is 0 Å². The molecular formula is C18H20N6O. The number of rotatable bonds is 3. The van der Waals surface area contributed by atoms with E-state index in [2.05, 4.69) is 20.6 Å². The number of amides is 1. The lowest BCUT2D eigenvalue weighted by molar-refractivity contribution is 0.0737. The third-order valence-electron chi connectivity index (χ3n) is 4.84. The quantitative estimate of drug-likeness (QED) is 0.785. The number of nitrogens with one attached hydrogen (secondary N) is 1. The highest BCUT2D eigenvalue weighted by Gasteiger charge is 2.28. The van der Waals surface area contributed by atoms with E-state index in [9.17, 15) is 4.79 Å². The number of pyridine rings is 1. The van der Waals surface area contributed by atoms with Crippen molar-refractivity contribution in [3.63, 3.8) is 0 Å². The minimum atomic E-state index is -0.0920. The first-order valence-corrected chi connectivity index (χ1v) is 8.41. The fourth-order valence-corrected chi connectivity index (χ4v) is 3.32. The standard InChI is InChI=1S/C18H20N6O/c1-12-16(18(25)23(2)14-8-10-19-11-14)21-22-24(12)15-7-3-5-13-6-4-9-20-17(13)15/h3-7,9,14,19H,8,10-11H2,1-2H3. The first-order chi connectivity index (χ1) is 12.2. The second-order valence-corrected chi connectivity index (χ2v) is 6.35. The molecule has 1 aliphatic heterocycles. The highest BCUT2D eigenvalue weighted by Crippen LogP contribution is 2.22. The number of fused-ring (bicyclic) bond motifs is 1. The Labute approximate surface area is 145 Å². The van der Waals surface area contributed by atoms with Gasteiger partial charge in [0.25, 0.3) is 5.91 Å². The maximum absolute atomic E-state index is 12.8. The molecule has 0 saturated carbocycles. The highest BCUT2D eigenvalue weighted by atomic mass is 16.2. The zero-order valence-corrected chi connectivity index (χ0v) is 14.3. The monoisotopic (exact) mass is 336 g/mol. The predicted octanol–water partition coefficient (Wildman–Crippen LogP) is 1.56.